The largest absolute Gasteiger partial charge is 0.374 e. The zero-order valence-electron chi connectivity index (χ0n) is 11.6. The second-order valence-electron chi connectivity index (χ2n) is 4.61. The Bertz CT molecular complexity index is 785. The molecule has 0 aliphatic heterocycles. The first-order valence-electron chi connectivity index (χ1n) is 6.43. The molecule has 0 atom stereocenters. The fourth-order valence-electron chi connectivity index (χ4n) is 2.17. The van der Waals surface area contributed by atoms with Gasteiger partial charge in [0.15, 0.2) is 0 Å². The Morgan fingerprint density at radius 3 is 2.95 bits per heavy atom. The topological polar surface area (TPSA) is 83.8 Å². The molecule has 7 heteroatoms. The van der Waals surface area contributed by atoms with E-state index >= 15 is 0 Å². The number of hydrogen-bond acceptors (Lipinski definition) is 6. The molecule has 0 unspecified atom stereocenters. The molecule has 0 aliphatic carbocycles. The average molecular weight is 302 g/mol. The maximum absolute atomic E-state index is 11.9. The van der Waals surface area contributed by atoms with Crippen molar-refractivity contribution in [1.29, 1.82) is 0 Å². The van der Waals surface area contributed by atoms with Gasteiger partial charge in [0.1, 0.15) is 16.5 Å². The van der Waals surface area contributed by atoms with E-state index < -0.39 is 0 Å². The second kappa shape index (κ2) is 5.53. The first-order chi connectivity index (χ1) is 10.1. The van der Waals surface area contributed by atoms with Gasteiger partial charge in [-0.3, -0.25) is 4.79 Å². The van der Waals surface area contributed by atoms with Crippen molar-refractivity contribution in [3.63, 3.8) is 0 Å². The molecule has 0 bridgehead atoms. The van der Waals surface area contributed by atoms with Crippen LogP contribution in [-0.4, -0.2) is 15.1 Å². The summed E-state index contributed by atoms with van der Waals surface area (Å²) >= 11 is 1.54. The molecule has 3 aromatic rings. The van der Waals surface area contributed by atoms with Gasteiger partial charge in [-0.2, -0.15) is 0 Å². The highest BCUT2D eigenvalue weighted by Crippen LogP contribution is 2.26. The number of aromatic nitrogens is 3. The summed E-state index contributed by atoms with van der Waals surface area (Å²) in [5.74, 6) is 0.727. The van der Waals surface area contributed by atoms with Gasteiger partial charge >= 0.3 is 0 Å². The zero-order chi connectivity index (χ0) is 14.8. The predicted molar refractivity (Wildman–Crippen MR) is 81.5 cm³/mol. The fraction of sp³-hybridized carbons (Fsp3) is 0.214. The summed E-state index contributed by atoms with van der Waals surface area (Å²) in [6, 6.07) is 1.80. The van der Waals surface area contributed by atoms with Crippen molar-refractivity contribution >= 4 is 17.0 Å². The molecule has 21 heavy (non-hydrogen) atoms. The van der Waals surface area contributed by atoms with Crippen LogP contribution in [0, 0.1) is 13.8 Å². The molecule has 0 saturated heterocycles. The smallest absolute Gasteiger partial charge is 0.271 e. The second-order valence-corrected chi connectivity index (χ2v) is 5.59. The van der Waals surface area contributed by atoms with E-state index in [-0.39, 0.29) is 5.56 Å². The highest BCUT2D eigenvalue weighted by molar-refractivity contribution is 7.09. The van der Waals surface area contributed by atoms with Crippen LogP contribution in [0.5, 0.6) is 0 Å². The van der Waals surface area contributed by atoms with Crippen molar-refractivity contribution in [2.45, 2.75) is 20.4 Å². The van der Waals surface area contributed by atoms with Crippen molar-refractivity contribution in [3.8, 4) is 11.1 Å². The summed E-state index contributed by atoms with van der Waals surface area (Å²) in [5, 5.41) is 9.88. The van der Waals surface area contributed by atoms with Crippen LogP contribution in [0.4, 0.5) is 5.69 Å². The molecule has 3 heterocycles. The SMILES string of the molecule is Cc1noc(C)c1-c1c[nH]c(=O)c(NCc2nccs2)c1. The number of hydrogen-bond donors (Lipinski definition) is 2. The summed E-state index contributed by atoms with van der Waals surface area (Å²) in [7, 11) is 0. The van der Waals surface area contributed by atoms with Gasteiger partial charge in [0.25, 0.3) is 5.56 Å². The normalized spacial score (nSPS) is 10.8. The molecule has 0 fully saturated rings. The average Bonchev–Trinajstić information content (AvgIpc) is 3.09. The molecule has 0 aromatic carbocycles. The summed E-state index contributed by atoms with van der Waals surface area (Å²) < 4.78 is 5.17. The van der Waals surface area contributed by atoms with Crippen LogP contribution in [-0.2, 0) is 6.54 Å². The number of nitrogens with one attached hydrogen (secondary N) is 2. The van der Waals surface area contributed by atoms with E-state index in [2.05, 4.69) is 20.4 Å². The number of nitrogens with zero attached hydrogens (tertiary/aromatic N) is 2. The molecule has 0 radical (unpaired) electrons. The van der Waals surface area contributed by atoms with Gasteiger partial charge in [0.2, 0.25) is 0 Å². The Kier molecular flexibility index (Phi) is 3.57. The molecule has 3 aromatic heterocycles. The molecule has 2 N–H and O–H groups in total. The van der Waals surface area contributed by atoms with Crippen molar-refractivity contribution < 1.29 is 4.52 Å². The first-order valence-corrected chi connectivity index (χ1v) is 7.31. The van der Waals surface area contributed by atoms with Crippen molar-refractivity contribution in [2.24, 2.45) is 0 Å². The van der Waals surface area contributed by atoms with Crippen LogP contribution >= 0.6 is 11.3 Å². The maximum Gasteiger partial charge on any atom is 0.271 e. The van der Waals surface area contributed by atoms with Crippen molar-refractivity contribution in [3.05, 3.63) is 50.7 Å². The first kappa shape index (κ1) is 13.6. The van der Waals surface area contributed by atoms with Crippen molar-refractivity contribution in [2.75, 3.05) is 5.32 Å². The lowest BCUT2D eigenvalue weighted by Crippen LogP contribution is -2.13. The van der Waals surface area contributed by atoms with Gasteiger partial charge in [0.05, 0.1) is 12.2 Å². The van der Waals surface area contributed by atoms with E-state index in [0.717, 1.165) is 27.6 Å². The summed E-state index contributed by atoms with van der Waals surface area (Å²) in [6.07, 6.45) is 3.41. The minimum atomic E-state index is -0.165. The van der Waals surface area contributed by atoms with Crippen LogP contribution in [0.25, 0.3) is 11.1 Å². The Morgan fingerprint density at radius 1 is 1.43 bits per heavy atom. The number of aromatic amines is 1. The number of thiazole rings is 1. The van der Waals surface area contributed by atoms with E-state index in [1.165, 1.54) is 0 Å². The number of H-pyrrole nitrogens is 1. The molecule has 0 saturated carbocycles. The molecule has 0 amide bonds. The quantitative estimate of drug-likeness (QED) is 0.774. The number of anilines is 1. The van der Waals surface area contributed by atoms with E-state index in [4.69, 9.17) is 4.52 Å². The minimum absolute atomic E-state index is 0.165. The lowest BCUT2D eigenvalue weighted by molar-refractivity contribution is 0.393. The van der Waals surface area contributed by atoms with Gasteiger partial charge in [0, 0.05) is 28.9 Å². The van der Waals surface area contributed by atoms with E-state index in [9.17, 15) is 4.79 Å². The summed E-state index contributed by atoms with van der Waals surface area (Å²) in [6.45, 7) is 4.24. The van der Waals surface area contributed by atoms with Crippen LogP contribution < -0.4 is 10.9 Å². The predicted octanol–water partition coefficient (Wildman–Crippen LogP) is 2.72. The van der Waals surface area contributed by atoms with Gasteiger partial charge in [-0.1, -0.05) is 5.16 Å². The Labute approximate surface area is 124 Å². The molecular formula is C14H14N4O2S. The Morgan fingerprint density at radius 2 is 2.29 bits per heavy atom. The monoisotopic (exact) mass is 302 g/mol. The molecule has 108 valence electrons. The Balaban J connectivity index is 1.91. The third kappa shape index (κ3) is 2.73. The van der Waals surface area contributed by atoms with Crippen LogP contribution in [0.15, 0.2) is 33.2 Å². The Hall–Kier alpha value is -2.41. The standard InChI is InChI=1S/C14H14N4O2S/c1-8-13(9(2)20-18-8)10-5-11(14(19)17-6-10)16-7-12-15-3-4-21-12/h3-6,16H,7H2,1-2H3,(H,17,19). The third-order valence-electron chi connectivity index (χ3n) is 3.14. The van der Waals surface area contributed by atoms with Crippen LogP contribution in [0.1, 0.15) is 16.5 Å². The maximum atomic E-state index is 11.9. The van der Waals surface area contributed by atoms with E-state index in [1.54, 1.807) is 29.8 Å². The lowest BCUT2D eigenvalue weighted by Gasteiger charge is -2.06. The summed E-state index contributed by atoms with van der Waals surface area (Å²) in [4.78, 5) is 18.8. The molecule has 6 nitrogen and oxygen atoms in total. The number of rotatable bonds is 4. The van der Waals surface area contributed by atoms with Crippen LogP contribution in [0.2, 0.25) is 0 Å². The highest BCUT2D eigenvalue weighted by Gasteiger charge is 2.13. The molecule has 0 spiro atoms. The lowest BCUT2D eigenvalue weighted by atomic mass is 10.1. The van der Waals surface area contributed by atoms with E-state index in [0.29, 0.717) is 12.2 Å². The zero-order valence-corrected chi connectivity index (χ0v) is 12.5. The van der Waals surface area contributed by atoms with E-state index in [1.807, 2.05) is 19.2 Å². The van der Waals surface area contributed by atoms with Gasteiger partial charge in [-0.25, -0.2) is 4.98 Å². The van der Waals surface area contributed by atoms with Gasteiger partial charge < -0.3 is 14.8 Å². The number of aryl methyl sites for hydroxylation is 2. The highest BCUT2D eigenvalue weighted by atomic mass is 32.1. The molecule has 3 rings (SSSR count). The van der Waals surface area contributed by atoms with Gasteiger partial charge in [-0.05, 0) is 19.9 Å². The third-order valence-corrected chi connectivity index (χ3v) is 3.92. The molecular weight excluding hydrogens is 288 g/mol. The fourth-order valence-corrected chi connectivity index (χ4v) is 2.72. The number of pyridine rings is 1. The van der Waals surface area contributed by atoms with Crippen LogP contribution in [0.3, 0.4) is 0 Å². The summed E-state index contributed by atoms with van der Waals surface area (Å²) in [5.41, 5.74) is 2.91. The van der Waals surface area contributed by atoms with Crippen molar-refractivity contribution in [1.82, 2.24) is 15.1 Å². The van der Waals surface area contributed by atoms with Gasteiger partial charge in [-0.15, -0.1) is 11.3 Å². The minimum Gasteiger partial charge on any atom is -0.374 e. The molecule has 0 aliphatic rings.